The van der Waals surface area contributed by atoms with Gasteiger partial charge in [0, 0.05) is 39.7 Å². The molecule has 0 fully saturated rings. The SMILES string of the molecule is C=C/C=C(C(/C=C)=C/C(=C\C)C(/C)=C/C=C(\C=C)N(/C(C=C)=C/C=C(C)/C(C)=C/C=C\C)c1ccc(/C(C=C)=C/C=C\C)cc1)\C(=C/C)N1C(=C)/C=C\C=C/CC/C=C\C(C)=C/C1=C. The van der Waals surface area contributed by atoms with Crippen molar-refractivity contribution in [3.8, 4) is 0 Å². The molecule has 1 aromatic carbocycles. The van der Waals surface area contributed by atoms with Crippen LogP contribution in [0.3, 0.4) is 0 Å². The summed E-state index contributed by atoms with van der Waals surface area (Å²) in [6, 6.07) is 8.47. The molecule has 2 heteroatoms. The first kappa shape index (κ1) is 53.0. The molecule has 2 nitrogen and oxygen atoms in total. The maximum absolute atomic E-state index is 4.52. The van der Waals surface area contributed by atoms with Crippen molar-refractivity contribution in [2.45, 2.75) is 68.2 Å². The molecule has 0 N–H and O–H groups in total. The minimum Gasteiger partial charge on any atom is -0.311 e. The van der Waals surface area contributed by atoms with Gasteiger partial charge in [0.1, 0.15) is 0 Å². The van der Waals surface area contributed by atoms with E-state index in [0.717, 1.165) is 91.6 Å². The van der Waals surface area contributed by atoms with Crippen molar-refractivity contribution in [3.63, 3.8) is 0 Å². The molecule has 0 aliphatic carbocycles. The largest absolute Gasteiger partial charge is 0.311 e. The van der Waals surface area contributed by atoms with Gasteiger partial charge in [-0.25, -0.2) is 0 Å². The van der Waals surface area contributed by atoms with Crippen LogP contribution in [0.1, 0.15) is 73.8 Å². The molecule has 0 amide bonds. The zero-order valence-corrected chi connectivity index (χ0v) is 40.1. The van der Waals surface area contributed by atoms with Crippen LogP contribution in [0.5, 0.6) is 0 Å². The average molecular weight is 845 g/mol. The summed E-state index contributed by atoms with van der Waals surface area (Å²) in [6.45, 7) is 46.5. The van der Waals surface area contributed by atoms with Gasteiger partial charge in [-0.2, -0.15) is 0 Å². The van der Waals surface area contributed by atoms with E-state index in [1.807, 2.05) is 88.5 Å². The molecule has 1 aliphatic rings. The molecule has 1 heterocycles. The molecule has 1 aromatic rings. The van der Waals surface area contributed by atoms with Crippen LogP contribution in [-0.2, 0) is 0 Å². The van der Waals surface area contributed by atoms with Crippen molar-refractivity contribution < 1.29 is 0 Å². The molecule has 64 heavy (non-hydrogen) atoms. The third kappa shape index (κ3) is 16.3. The quantitative estimate of drug-likeness (QED) is 0.128. The van der Waals surface area contributed by atoms with Crippen molar-refractivity contribution in [2.75, 3.05) is 4.90 Å². The Morgan fingerprint density at radius 3 is 1.78 bits per heavy atom. The van der Waals surface area contributed by atoms with Crippen molar-refractivity contribution >= 4 is 11.3 Å². The number of benzene rings is 1. The smallest absolute Gasteiger partial charge is 0.0496 e. The van der Waals surface area contributed by atoms with E-state index in [-0.39, 0.29) is 0 Å². The van der Waals surface area contributed by atoms with E-state index in [2.05, 4.69) is 199 Å². The van der Waals surface area contributed by atoms with Gasteiger partial charge in [-0.1, -0.05) is 174 Å². The van der Waals surface area contributed by atoms with Crippen molar-refractivity contribution in [1.82, 2.24) is 4.90 Å². The van der Waals surface area contributed by atoms with Crippen LogP contribution in [0.15, 0.2) is 296 Å². The highest BCUT2D eigenvalue weighted by molar-refractivity contribution is 5.76. The molecule has 330 valence electrons. The van der Waals surface area contributed by atoms with Crippen molar-refractivity contribution in [3.05, 3.63) is 301 Å². The van der Waals surface area contributed by atoms with Gasteiger partial charge < -0.3 is 9.80 Å². The second kappa shape index (κ2) is 29.2. The fraction of sp³-hybridized carbons (Fsp3) is 0.161. The summed E-state index contributed by atoms with van der Waals surface area (Å²) in [5.74, 6) is 0. The van der Waals surface area contributed by atoms with E-state index >= 15 is 0 Å². The van der Waals surface area contributed by atoms with Gasteiger partial charge in [0.2, 0.25) is 0 Å². The fourth-order valence-electron chi connectivity index (χ4n) is 6.66. The minimum absolute atomic E-state index is 0.780. The predicted molar refractivity (Wildman–Crippen MR) is 289 cm³/mol. The van der Waals surface area contributed by atoms with Crippen LogP contribution in [0.25, 0.3) is 5.57 Å². The number of hydrogen-bond donors (Lipinski definition) is 0. The molecule has 0 saturated carbocycles. The van der Waals surface area contributed by atoms with E-state index in [1.165, 1.54) is 5.57 Å². The van der Waals surface area contributed by atoms with Crippen molar-refractivity contribution in [1.29, 1.82) is 0 Å². The van der Waals surface area contributed by atoms with E-state index in [0.29, 0.717) is 0 Å². The van der Waals surface area contributed by atoms with Gasteiger partial charge in [-0.05, 0) is 167 Å². The molecule has 2 rings (SSSR count). The number of nitrogens with zero attached hydrogens (tertiary/aromatic N) is 2. The molecule has 0 bridgehead atoms. The molecule has 0 spiro atoms. The lowest BCUT2D eigenvalue weighted by Gasteiger charge is -2.31. The summed E-state index contributed by atoms with van der Waals surface area (Å²) in [6.07, 6.45) is 55.1. The Morgan fingerprint density at radius 1 is 0.609 bits per heavy atom. The first-order valence-corrected chi connectivity index (χ1v) is 21.9. The van der Waals surface area contributed by atoms with Crippen LogP contribution in [0, 0.1) is 0 Å². The number of allylic oxidation sites excluding steroid dienone is 33. The summed E-state index contributed by atoms with van der Waals surface area (Å²) in [5, 5.41) is 0. The summed E-state index contributed by atoms with van der Waals surface area (Å²) in [5.41, 5.74) is 14.6. The molecule has 0 aromatic heterocycles. The number of rotatable bonds is 19. The monoisotopic (exact) mass is 845 g/mol. The van der Waals surface area contributed by atoms with Crippen molar-refractivity contribution in [2.24, 2.45) is 0 Å². The summed E-state index contributed by atoms with van der Waals surface area (Å²) >= 11 is 0. The summed E-state index contributed by atoms with van der Waals surface area (Å²) in [4.78, 5) is 4.26. The van der Waals surface area contributed by atoms with Crippen LogP contribution >= 0.6 is 0 Å². The molecule has 0 radical (unpaired) electrons. The van der Waals surface area contributed by atoms with Crippen LogP contribution < -0.4 is 4.90 Å². The normalized spacial score (nSPS) is 18.8. The van der Waals surface area contributed by atoms with Crippen LogP contribution in [0.4, 0.5) is 5.69 Å². The predicted octanol–water partition coefficient (Wildman–Crippen LogP) is 18.0. The highest BCUT2D eigenvalue weighted by atomic mass is 15.2. The minimum atomic E-state index is 0.780. The highest BCUT2D eigenvalue weighted by Gasteiger charge is 2.20. The topological polar surface area (TPSA) is 6.48 Å². The average Bonchev–Trinajstić information content (AvgIpc) is 3.31. The Kier molecular flexibility index (Phi) is 24.2. The Bertz CT molecular complexity index is 2390. The van der Waals surface area contributed by atoms with Gasteiger partial charge in [-0.3, -0.25) is 0 Å². The number of anilines is 1. The zero-order valence-electron chi connectivity index (χ0n) is 40.1. The van der Waals surface area contributed by atoms with Gasteiger partial charge in [-0.15, -0.1) is 0 Å². The van der Waals surface area contributed by atoms with Crippen LogP contribution in [-0.4, -0.2) is 4.90 Å². The van der Waals surface area contributed by atoms with Crippen LogP contribution in [0.2, 0.25) is 0 Å². The Morgan fingerprint density at radius 2 is 1.22 bits per heavy atom. The molecule has 1 aliphatic heterocycles. The zero-order chi connectivity index (χ0) is 47.4. The maximum Gasteiger partial charge on any atom is 0.0496 e. The molecular formula is C62H72N2. The van der Waals surface area contributed by atoms with E-state index in [4.69, 9.17) is 0 Å². The first-order chi connectivity index (χ1) is 30.9. The van der Waals surface area contributed by atoms with E-state index in [1.54, 1.807) is 6.08 Å². The van der Waals surface area contributed by atoms with Gasteiger partial charge in [0.25, 0.3) is 0 Å². The first-order valence-electron chi connectivity index (χ1n) is 21.9. The molecule has 0 unspecified atom stereocenters. The fourth-order valence-corrected chi connectivity index (χ4v) is 6.66. The van der Waals surface area contributed by atoms with Gasteiger partial charge in [0.15, 0.2) is 0 Å². The second-order valence-electron chi connectivity index (χ2n) is 14.9. The molecule has 0 atom stereocenters. The Balaban J connectivity index is 2.85. The summed E-state index contributed by atoms with van der Waals surface area (Å²) in [7, 11) is 0. The van der Waals surface area contributed by atoms with Gasteiger partial charge in [0.05, 0.1) is 0 Å². The highest BCUT2D eigenvalue weighted by Crippen LogP contribution is 2.33. The lowest BCUT2D eigenvalue weighted by molar-refractivity contribution is 0.574. The van der Waals surface area contributed by atoms with E-state index < -0.39 is 0 Å². The molecular weight excluding hydrogens is 773 g/mol. The third-order valence-electron chi connectivity index (χ3n) is 10.3. The third-order valence-corrected chi connectivity index (χ3v) is 10.3. The molecule has 0 saturated heterocycles. The lowest BCUT2D eigenvalue weighted by atomic mass is 9.95. The maximum atomic E-state index is 4.52. The Hall–Kier alpha value is -7.16. The standard InChI is InChI=1S/C62H72N2/c1-16-25-35-49(11)50(12)38-42-58(22-7)64(60-44-40-57(41-45-60)54(19-4)37-26-17-2)59(23-8)43-39-51(13)55(20-5)47-56(21-6)61(33-18-3)62(24-9)63-52(14)36-32-30-28-27-29-31-34-48(10)46-53(63)15/h16-26,28,30-47H,3-4,6-8,14-15,27,29H2,1-2,5,9-13H3/b25-16-,26-17-,30-28-,34-31-,36-32-,48-46-,49-35+,50-38+,51-39+,54-37+,55-20+,56-47+,58-42+,59-43+,61-33-,62-24+. The van der Waals surface area contributed by atoms with Gasteiger partial charge >= 0.3 is 0 Å². The summed E-state index contributed by atoms with van der Waals surface area (Å²) < 4.78 is 0. The van der Waals surface area contributed by atoms with E-state index in [9.17, 15) is 0 Å². The Labute approximate surface area is 389 Å². The number of hydrogen-bond acceptors (Lipinski definition) is 2. The lowest BCUT2D eigenvalue weighted by Crippen LogP contribution is -2.21. The second-order valence-corrected chi connectivity index (χ2v) is 14.9.